The number of rotatable bonds is 3. The summed E-state index contributed by atoms with van der Waals surface area (Å²) in [7, 11) is 0. The fourth-order valence-electron chi connectivity index (χ4n) is 1.57. The van der Waals surface area contributed by atoms with Crippen LogP contribution in [-0.2, 0) is 0 Å². The number of carbonyl (C=O) groups is 1. The number of nitrogens with zero attached hydrogens (tertiary/aromatic N) is 2. The van der Waals surface area contributed by atoms with Gasteiger partial charge in [0.15, 0.2) is 5.69 Å². The van der Waals surface area contributed by atoms with E-state index in [1.54, 1.807) is 12.1 Å². The topological polar surface area (TPSA) is 80.9 Å². The average molecular weight is 321 g/mol. The van der Waals surface area contributed by atoms with Crippen molar-refractivity contribution in [1.29, 1.82) is 0 Å². The third-order valence-corrected chi connectivity index (χ3v) is 3.16. The molecule has 2 aromatic rings. The Balaban J connectivity index is 2.06. The molecule has 0 bridgehead atoms. The van der Waals surface area contributed by atoms with Gasteiger partial charge in [-0.1, -0.05) is 28.1 Å². The van der Waals surface area contributed by atoms with E-state index in [1.807, 2.05) is 31.2 Å². The highest BCUT2D eigenvalue weighted by atomic mass is 79.9. The van der Waals surface area contributed by atoms with Gasteiger partial charge in [-0.2, -0.15) is 0 Å². The quantitative estimate of drug-likeness (QED) is 0.909. The van der Waals surface area contributed by atoms with Crippen molar-refractivity contribution in [1.82, 2.24) is 15.5 Å². The fourth-order valence-corrected chi connectivity index (χ4v) is 1.83. The van der Waals surface area contributed by atoms with Gasteiger partial charge in [0, 0.05) is 4.47 Å². The molecule has 1 amide bonds. The van der Waals surface area contributed by atoms with Crippen LogP contribution in [0.3, 0.4) is 0 Å². The molecule has 0 fully saturated rings. The van der Waals surface area contributed by atoms with Crippen LogP contribution in [-0.4, -0.2) is 16.1 Å². The predicted octanol–water partition coefficient (Wildman–Crippen LogP) is 2.31. The van der Waals surface area contributed by atoms with E-state index >= 15 is 0 Å². The van der Waals surface area contributed by atoms with Crippen LogP contribution < -0.4 is 11.1 Å². The highest BCUT2D eigenvalue weighted by Gasteiger charge is 2.12. The molecule has 1 aromatic heterocycles. The van der Waals surface area contributed by atoms with Crippen LogP contribution in [0.1, 0.15) is 29.0 Å². The molecule has 0 saturated carbocycles. The first-order valence-corrected chi connectivity index (χ1v) is 6.51. The van der Waals surface area contributed by atoms with Crippen molar-refractivity contribution in [2.75, 3.05) is 5.73 Å². The molecule has 5 nitrogen and oxygen atoms in total. The highest BCUT2D eigenvalue weighted by molar-refractivity contribution is 9.10. The molecule has 98 valence electrons. The molecule has 1 unspecified atom stereocenters. The van der Waals surface area contributed by atoms with Gasteiger partial charge in [-0.05, 0) is 36.8 Å². The zero-order chi connectivity index (χ0) is 13.8. The third-order valence-electron chi connectivity index (χ3n) is 2.64. The summed E-state index contributed by atoms with van der Waals surface area (Å²) in [6.07, 6.45) is 0. The Kier molecular flexibility index (Phi) is 4.11. The average Bonchev–Trinajstić information content (AvgIpc) is 2.40. The number of carbonyl (C=O) groups excluding carboxylic acids is 1. The second-order valence-electron chi connectivity index (χ2n) is 4.09. The number of hydrogen-bond donors (Lipinski definition) is 2. The van der Waals surface area contributed by atoms with Crippen LogP contribution in [0.25, 0.3) is 0 Å². The summed E-state index contributed by atoms with van der Waals surface area (Å²) in [6, 6.07) is 10.7. The number of hydrogen-bond acceptors (Lipinski definition) is 4. The van der Waals surface area contributed by atoms with Gasteiger partial charge in [-0.25, -0.2) is 0 Å². The third kappa shape index (κ3) is 3.51. The van der Waals surface area contributed by atoms with E-state index in [0.717, 1.165) is 10.0 Å². The molecule has 0 aliphatic carbocycles. The van der Waals surface area contributed by atoms with Crippen molar-refractivity contribution in [2.24, 2.45) is 0 Å². The molecular weight excluding hydrogens is 308 g/mol. The first-order valence-electron chi connectivity index (χ1n) is 5.72. The van der Waals surface area contributed by atoms with Crippen LogP contribution in [0.5, 0.6) is 0 Å². The molecule has 1 aromatic carbocycles. The standard InChI is InChI=1S/C13H13BrN4O/c1-8(9-2-4-10(14)5-3-9)16-13(19)11-6-7-12(15)18-17-11/h2-8H,1H3,(H2,15,18)(H,16,19). The Morgan fingerprint density at radius 3 is 2.47 bits per heavy atom. The van der Waals surface area contributed by atoms with E-state index in [1.165, 1.54) is 0 Å². The first-order chi connectivity index (χ1) is 9.06. The van der Waals surface area contributed by atoms with Crippen molar-refractivity contribution in [2.45, 2.75) is 13.0 Å². The van der Waals surface area contributed by atoms with E-state index in [0.29, 0.717) is 0 Å². The number of nitrogens with one attached hydrogen (secondary N) is 1. The van der Waals surface area contributed by atoms with Crippen molar-refractivity contribution >= 4 is 27.7 Å². The molecule has 2 rings (SSSR count). The van der Waals surface area contributed by atoms with Gasteiger partial charge >= 0.3 is 0 Å². The normalized spacial score (nSPS) is 11.9. The van der Waals surface area contributed by atoms with E-state index in [-0.39, 0.29) is 23.5 Å². The van der Waals surface area contributed by atoms with Gasteiger partial charge in [-0.15, -0.1) is 10.2 Å². The van der Waals surface area contributed by atoms with Gasteiger partial charge in [0.25, 0.3) is 5.91 Å². The number of benzene rings is 1. The fraction of sp³-hybridized carbons (Fsp3) is 0.154. The second-order valence-corrected chi connectivity index (χ2v) is 5.01. The summed E-state index contributed by atoms with van der Waals surface area (Å²) in [5.74, 6) is 0.0143. The Labute approximate surface area is 119 Å². The summed E-state index contributed by atoms with van der Waals surface area (Å²) < 4.78 is 0.999. The molecular formula is C13H13BrN4O. The molecule has 1 heterocycles. The molecule has 3 N–H and O–H groups in total. The minimum Gasteiger partial charge on any atom is -0.382 e. The monoisotopic (exact) mass is 320 g/mol. The lowest BCUT2D eigenvalue weighted by Crippen LogP contribution is -2.27. The van der Waals surface area contributed by atoms with Crippen LogP contribution in [0.4, 0.5) is 5.82 Å². The molecule has 19 heavy (non-hydrogen) atoms. The maximum Gasteiger partial charge on any atom is 0.272 e. The maximum atomic E-state index is 11.9. The number of nitrogen functional groups attached to an aromatic ring is 1. The van der Waals surface area contributed by atoms with E-state index in [2.05, 4.69) is 31.4 Å². The Morgan fingerprint density at radius 1 is 1.21 bits per heavy atom. The van der Waals surface area contributed by atoms with Gasteiger partial charge in [0.2, 0.25) is 0 Å². The van der Waals surface area contributed by atoms with Gasteiger partial charge in [0.1, 0.15) is 5.82 Å². The Bertz CT molecular complexity index is 568. The zero-order valence-corrected chi connectivity index (χ0v) is 11.9. The van der Waals surface area contributed by atoms with E-state index < -0.39 is 0 Å². The number of amides is 1. The largest absolute Gasteiger partial charge is 0.382 e. The SMILES string of the molecule is CC(NC(=O)c1ccc(N)nn1)c1ccc(Br)cc1. The van der Waals surface area contributed by atoms with E-state index in [9.17, 15) is 4.79 Å². The molecule has 6 heteroatoms. The maximum absolute atomic E-state index is 11.9. The van der Waals surface area contributed by atoms with Crippen LogP contribution in [0.2, 0.25) is 0 Å². The number of halogens is 1. The van der Waals surface area contributed by atoms with Crippen LogP contribution >= 0.6 is 15.9 Å². The number of aromatic nitrogens is 2. The number of nitrogens with two attached hydrogens (primary N) is 1. The van der Waals surface area contributed by atoms with Crippen LogP contribution in [0.15, 0.2) is 40.9 Å². The van der Waals surface area contributed by atoms with Crippen molar-refractivity contribution in [3.8, 4) is 0 Å². The lowest BCUT2D eigenvalue weighted by molar-refractivity contribution is 0.0934. The summed E-state index contributed by atoms with van der Waals surface area (Å²) in [6.45, 7) is 1.91. The lowest BCUT2D eigenvalue weighted by Gasteiger charge is -2.13. The zero-order valence-electron chi connectivity index (χ0n) is 10.3. The summed E-state index contributed by atoms with van der Waals surface area (Å²) >= 11 is 3.37. The molecule has 0 aliphatic rings. The van der Waals surface area contributed by atoms with Gasteiger partial charge in [-0.3, -0.25) is 4.79 Å². The van der Waals surface area contributed by atoms with Crippen molar-refractivity contribution < 1.29 is 4.79 Å². The van der Waals surface area contributed by atoms with Crippen molar-refractivity contribution in [3.63, 3.8) is 0 Å². The van der Waals surface area contributed by atoms with Gasteiger partial charge in [0.05, 0.1) is 6.04 Å². The summed E-state index contributed by atoms with van der Waals surface area (Å²) in [4.78, 5) is 11.9. The lowest BCUT2D eigenvalue weighted by atomic mass is 10.1. The molecule has 0 saturated heterocycles. The Hall–Kier alpha value is -1.95. The highest BCUT2D eigenvalue weighted by Crippen LogP contribution is 2.16. The van der Waals surface area contributed by atoms with Gasteiger partial charge < -0.3 is 11.1 Å². The second kappa shape index (κ2) is 5.79. The van der Waals surface area contributed by atoms with Crippen molar-refractivity contribution in [3.05, 3.63) is 52.1 Å². The van der Waals surface area contributed by atoms with Crippen LogP contribution in [0, 0.1) is 0 Å². The Morgan fingerprint density at radius 2 is 1.89 bits per heavy atom. The summed E-state index contributed by atoms with van der Waals surface area (Å²) in [5, 5.41) is 10.3. The minimum atomic E-state index is -0.275. The first kappa shape index (κ1) is 13.5. The molecule has 0 aliphatic heterocycles. The molecule has 0 radical (unpaired) electrons. The smallest absolute Gasteiger partial charge is 0.272 e. The van der Waals surface area contributed by atoms with E-state index in [4.69, 9.17) is 5.73 Å². The number of anilines is 1. The predicted molar refractivity (Wildman–Crippen MR) is 76.5 cm³/mol. The minimum absolute atomic E-state index is 0.111. The summed E-state index contributed by atoms with van der Waals surface area (Å²) in [5.41, 5.74) is 6.69. The molecule has 0 spiro atoms. The molecule has 1 atom stereocenters.